The van der Waals surface area contributed by atoms with Crippen LogP contribution in [-0.2, 0) is 7.05 Å². The number of hydrogen-bond acceptors (Lipinski definition) is 7. The van der Waals surface area contributed by atoms with Gasteiger partial charge in [-0.2, -0.15) is 5.10 Å². The number of amides is 1. The smallest absolute Gasteiger partial charge is 0.295 e. The van der Waals surface area contributed by atoms with Crippen LogP contribution in [0.3, 0.4) is 0 Å². The third-order valence-electron chi connectivity index (χ3n) is 4.75. The summed E-state index contributed by atoms with van der Waals surface area (Å²) in [5.41, 5.74) is 0.289. The predicted molar refractivity (Wildman–Crippen MR) is 97.9 cm³/mol. The zero-order valence-corrected chi connectivity index (χ0v) is 15.1. The van der Waals surface area contributed by atoms with E-state index in [1.807, 2.05) is 17.8 Å². The zero-order chi connectivity index (χ0) is 19.7. The van der Waals surface area contributed by atoms with Gasteiger partial charge in [-0.1, -0.05) is 0 Å². The first-order valence-corrected chi connectivity index (χ1v) is 8.68. The van der Waals surface area contributed by atoms with E-state index in [0.29, 0.717) is 19.6 Å². The number of imidazole rings is 1. The van der Waals surface area contributed by atoms with Gasteiger partial charge in [-0.25, -0.2) is 14.6 Å². The van der Waals surface area contributed by atoms with Gasteiger partial charge >= 0.3 is 0 Å². The van der Waals surface area contributed by atoms with Crippen molar-refractivity contribution in [2.45, 2.75) is 6.04 Å². The monoisotopic (exact) mass is 382 g/mol. The Bertz CT molecular complexity index is 1010. The molecule has 11 nitrogen and oxygen atoms in total. The third-order valence-corrected chi connectivity index (χ3v) is 4.75. The zero-order valence-electron chi connectivity index (χ0n) is 15.1. The van der Waals surface area contributed by atoms with Crippen LogP contribution in [0.25, 0.3) is 5.69 Å². The number of benzene rings is 1. The molecular weight excluding hydrogens is 364 g/mol. The molecule has 1 saturated heterocycles. The van der Waals surface area contributed by atoms with E-state index in [1.165, 1.54) is 29.5 Å². The van der Waals surface area contributed by atoms with Crippen LogP contribution in [0, 0.1) is 10.1 Å². The number of nitro benzene ring substituents is 1. The molecule has 3 aromatic rings. The molecule has 3 heterocycles. The molecule has 0 spiro atoms. The number of aromatic nitrogens is 5. The second-order valence-corrected chi connectivity index (χ2v) is 6.42. The second kappa shape index (κ2) is 7.19. The maximum Gasteiger partial charge on any atom is 0.295 e. The Morgan fingerprint density at radius 3 is 2.93 bits per heavy atom. The summed E-state index contributed by atoms with van der Waals surface area (Å²) in [6, 6.07) is 4.12. The van der Waals surface area contributed by atoms with Crippen LogP contribution in [0.15, 0.2) is 43.2 Å². The molecule has 1 unspecified atom stereocenters. The maximum absolute atomic E-state index is 13.2. The highest BCUT2D eigenvalue weighted by Crippen LogP contribution is 2.27. The fraction of sp³-hybridized carbons (Fsp3) is 0.294. The van der Waals surface area contributed by atoms with Crippen LogP contribution in [0.5, 0.6) is 0 Å². The van der Waals surface area contributed by atoms with Crippen molar-refractivity contribution in [2.24, 2.45) is 7.05 Å². The molecule has 1 atom stereocenters. The van der Waals surface area contributed by atoms with E-state index in [4.69, 9.17) is 0 Å². The highest BCUT2D eigenvalue weighted by Gasteiger charge is 2.32. The van der Waals surface area contributed by atoms with Gasteiger partial charge in [0.25, 0.3) is 11.6 Å². The van der Waals surface area contributed by atoms with E-state index < -0.39 is 4.92 Å². The number of nitro groups is 1. The molecular formula is C17H18N8O3. The van der Waals surface area contributed by atoms with Crippen molar-refractivity contribution in [1.82, 2.24) is 34.5 Å². The normalized spacial score (nSPS) is 16.9. The van der Waals surface area contributed by atoms with Crippen LogP contribution in [-0.4, -0.2) is 59.7 Å². The van der Waals surface area contributed by atoms with Crippen molar-refractivity contribution >= 4 is 11.6 Å². The Labute approximate surface area is 159 Å². The van der Waals surface area contributed by atoms with Crippen molar-refractivity contribution in [3.63, 3.8) is 0 Å². The molecule has 0 aliphatic carbocycles. The molecule has 1 amide bonds. The molecule has 2 aromatic heterocycles. The van der Waals surface area contributed by atoms with Crippen LogP contribution in [0.4, 0.5) is 5.69 Å². The first-order chi connectivity index (χ1) is 13.6. The van der Waals surface area contributed by atoms with E-state index in [1.54, 1.807) is 17.2 Å². The molecule has 1 aromatic carbocycles. The lowest BCUT2D eigenvalue weighted by Gasteiger charge is -2.35. The fourth-order valence-electron chi connectivity index (χ4n) is 3.37. The summed E-state index contributed by atoms with van der Waals surface area (Å²) in [6.45, 7) is 1.69. The number of carbonyl (C=O) groups is 1. The largest absolute Gasteiger partial charge is 0.336 e. The summed E-state index contributed by atoms with van der Waals surface area (Å²) < 4.78 is 3.17. The lowest BCUT2D eigenvalue weighted by molar-refractivity contribution is -0.384. The highest BCUT2D eigenvalue weighted by atomic mass is 16.6. The molecule has 1 aliphatic rings. The number of aryl methyl sites for hydroxylation is 1. The van der Waals surface area contributed by atoms with Crippen molar-refractivity contribution in [3.8, 4) is 5.69 Å². The summed E-state index contributed by atoms with van der Waals surface area (Å²) in [4.78, 5) is 34.1. The second-order valence-electron chi connectivity index (χ2n) is 6.42. The summed E-state index contributed by atoms with van der Waals surface area (Å²) in [6.07, 6.45) is 6.17. The Morgan fingerprint density at radius 1 is 1.39 bits per heavy atom. The average Bonchev–Trinajstić information content (AvgIpc) is 3.38. The SMILES string of the molecule is Cn1ccnc1C1CNCCN1C(=O)c1ccc(-n2cncn2)c([N+](=O)[O-])c1. The minimum absolute atomic E-state index is 0.208. The summed E-state index contributed by atoms with van der Waals surface area (Å²) in [5.74, 6) is 0.483. The number of nitrogens with one attached hydrogen (secondary N) is 1. The predicted octanol–water partition coefficient (Wildman–Crippen LogP) is 0.696. The number of nitrogens with zero attached hydrogens (tertiary/aromatic N) is 7. The van der Waals surface area contributed by atoms with Gasteiger partial charge in [-0.3, -0.25) is 14.9 Å². The topological polar surface area (TPSA) is 124 Å². The molecule has 0 bridgehead atoms. The third kappa shape index (κ3) is 3.11. The van der Waals surface area contributed by atoms with Crippen molar-refractivity contribution in [3.05, 3.63) is 64.7 Å². The lowest BCUT2D eigenvalue weighted by Crippen LogP contribution is -2.49. The Balaban J connectivity index is 1.70. The first kappa shape index (κ1) is 17.8. The Kier molecular flexibility index (Phi) is 4.57. The lowest BCUT2D eigenvalue weighted by atomic mass is 10.1. The van der Waals surface area contributed by atoms with Gasteiger partial charge in [-0.05, 0) is 12.1 Å². The Morgan fingerprint density at radius 2 is 2.25 bits per heavy atom. The van der Waals surface area contributed by atoms with E-state index in [0.717, 1.165) is 5.82 Å². The minimum Gasteiger partial charge on any atom is -0.336 e. The minimum atomic E-state index is -0.526. The fourth-order valence-corrected chi connectivity index (χ4v) is 3.37. The molecule has 1 aliphatic heterocycles. The molecule has 0 saturated carbocycles. The Hall–Kier alpha value is -3.60. The summed E-state index contributed by atoms with van der Waals surface area (Å²) in [7, 11) is 1.87. The van der Waals surface area contributed by atoms with Gasteiger partial charge < -0.3 is 14.8 Å². The van der Waals surface area contributed by atoms with Gasteiger partial charge in [0.2, 0.25) is 0 Å². The van der Waals surface area contributed by atoms with Crippen molar-refractivity contribution < 1.29 is 9.72 Å². The molecule has 28 heavy (non-hydrogen) atoms. The van der Waals surface area contributed by atoms with Gasteiger partial charge in [0, 0.05) is 50.7 Å². The molecule has 11 heteroatoms. The molecule has 4 rings (SSSR count). The molecule has 1 fully saturated rings. The number of rotatable bonds is 4. The first-order valence-electron chi connectivity index (χ1n) is 8.68. The van der Waals surface area contributed by atoms with Gasteiger partial charge in [0.1, 0.15) is 30.2 Å². The van der Waals surface area contributed by atoms with E-state index in [-0.39, 0.29) is 28.9 Å². The summed E-state index contributed by atoms with van der Waals surface area (Å²) in [5, 5.41) is 18.8. The van der Waals surface area contributed by atoms with Crippen LogP contribution in [0.1, 0.15) is 22.2 Å². The molecule has 0 radical (unpaired) electrons. The number of piperazine rings is 1. The van der Waals surface area contributed by atoms with Gasteiger partial charge in [0.15, 0.2) is 0 Å². The van der Waals surface area contributed by atoms with E-state index in [9.17, 15) is 14.9 Å². The highest BCUT2D eigenvalue weighted by molar-refractivity contribution is 5.95. The van der Waals surface area contributed by atoms with Crippen LogP contribution in [0.2, 0.25) is 0 Å². The van der Waals surface area contributed by atoms with Crippen LogP contribution < -0.4 is 5.32 Å². The quantitative estimate of drug-likeness (QED) is 0.520. The van der Waals surface area contributed by atoms with Crippen molar-refractivity contribution in [2.75, 3.05) is 19.6 Å². The van der Waals surface area contributed by atoms with Crippen molar-refractivity contribution in [1.29, 1.82) is 0 Å². The number of hydrogen-bond donors (Lipinski definition) is 1. The molecule has 144 valence electrons. The van der Waals surface area contributed by atoms with E-state index >= 15 is 0 Å². The van der Waals surface area contributed by atoms with Gasteiger partial charge in [-0.15, -0.1) is 0 Å². The number of carbonyl (C=O) groups excluding carboxylic acids is 1. The van der Waals surface area contributed by atoms with Gasteiger partial charge in [0.05, 0.1) is 4.92 Å². The maximum atomic E-state index is 13.2. The van der Waals surface area contributed by atoms with E-state index in [2.05, 4.69) is 20.4 Å². The average molecular weight is 382 g/mol. The summed E-state index contributed by atoms with van der Waals surface area (Å²) >= 11 is 0. The van der Waals surface area contributed by atoms with Crippen LogP contribution >= 0.6 is 0 Å². The standard InChI is InChI=1S/C17H18N8O3/c1-22-6-5-20-16(22)15-9-18-4-7-23(15)17(26)12-2-3-13(14(8-12)25(27)28)24-11-19-10-21-24/h2-3,5-6,8,10-11,15,18H,4,7,9H2,1H3. The molecule has 1 N–H and O–H groups in total.